The van der Waals surface area contributed by atoms with Crippen LogP contribution in [0.25, 0.3) is 11.3 Å². The zero-order valence-corrected chi connectivity index (χ0v) is 20.1. The topological polar surface area (TPSA) is 70.5 Å². The van der Waals surface area contributed by atoms with Crippen LogP contribution in [0.1, 0.15) is 37.2 Å². The van der Waals surface area contributed by atoms with Gasteiger partial charge in [0.05, 0.1) is 12.8 Å². The molecule has 0 amide bonds. The summed E-state index contributed by atoms with van der Waals surface area (Å²) in [6.07, 6.45) is 3.95. The fraction of sp³-hybridized carbons (Fsp3) is 0.407. The first-order valence-corrected chi connectivity index (χ1v) is 11.9. The number of piperazine rings is 1. The largest absolute Gasteiger partial charge is 0.504 e. The van der Waals surface area contributed by atoms with E-state index >= 15 is 0 Å². The summed E-state index contributed by atoms with van der Waals surface area (Å²) in [5.74, 6) is 1.01. The van der Waals surface area contributed by atoms with Crippen LogP contribution in [0.2, 0.25) is 0 Å². The third-order valence-electron chi connectivity index (χ3n) is 6.40. The number of ether oxygens (including phenoxy) is 1. The third kappa shape index (κ3) is 5.90. The van der Waals surface area contributed by atoms with Crippen LogP contribution in [0.4, 0.5) is 4.39 Å². The van der Waals surface area contributed by atoms with Crippen LogP contribution in [0.5, 0.6) is 11.5 Å². The Balaban J connectivity index is 1.43. The Hall–Kier alpha value is -3.03. The highest BCUT2D eigenvalue weighted by molar-refractivity contribution is 5.60. The molecule has 0 aliphatic carbocycles. The second-order valence-corrected chi connectivity index (χ2v) is 9.12. The molecule has 0 radical (unpaired) electrons. The van der Waals surface area contributed by atoms with Crippen molar-refractivity contribution in [1.82, 2.24) is 20.2 Å². The monoisotopic (exact) mass is 464 g/mol. The Labute approximate surface area is 200 Å². The lowest BCUT2D eigenvalue weighted by Crippen LogP contribution is -2.53. The minimum Gasteiger partial charge on any atom is -0.504 e. The Bertz CT molecular complexity index is 1120. The average Bonchev–Trinajstić information content (AvgIpc) is 2.83. The summed E-state index contributed by atoms with van der Waals surface area (Å²) in [7, 11) is 1.53. The summed E-state index contributed by atoms with van der Waals surface area (Å²) in [6, 6.07) is 13.4. The zero-order valence-electron chi connectivity index (χ0n) is 20.1. The van der Waals surface area contributed by atoms with E-state index in [-0.39, 0.29) is 11.6 Å². The molecule has 2 aromatic carbocycles. The van der Waals surface area contributed by atoms with Gasteiger partial charge in [0.15, 0.2) is 11.5 Å². The number of nitrogens with one attached hydrogen (secondary N) is 1. The van der Waals surface area contributed by atoms with Gasteiger partial charge in [0.25, 0.3) is 0 Å². The molecule has 1 aliphatic heterocycles. The standard InChI is InChI=1S/C27H33FN4O2/c1-18-16-32(19(2)15-30-18)17-21-7-9-23(28)22(13-21)24-11-12-29-27(31-24)6-4-5-20-8-10-26(34-3)25(33)14-20/h7-14,18-19,30,33H,4-6,15-17H2,1-3H3/t18-,19-/m1/s1. The summed E-state index contributed by atoms with van der Waals surface area (Å²) in [5, 5.41) is 13.5. The second-order valence-electron chi connectivity index (χ2n) is 9.12. The van der Waals surface area contributed by atoms with Crippen LogP contribution in [-0.2, 0) is 19.4 Å². The average molecular weight is 465 g/mol. The van der Waals surface area contributed by atoms with Crippen molar-refractivity contribution < 1.29 is 14.2 Å². The van der Waals surface area contributed by atoms with E-state index in [2.05, 4.69) is 34.0 Å². The molecular formula is C27H33FN4O2. The number of methoxy groups -OCH3 is 1. The molecule has 2 atom stereocenters. The fourth-order valence-electron chi connectivity index (χ4n) is 4.43. The summed E-state index contributed by atoms with van der Waals surface area (Å²) >= 11 is 0. The number of benzene rings is 2. The minimum absolute atomic E-state index is 0.137. The molecule has 180 valence electrons. The molecule has 0 saturated carbocycles. The Morgan fingerprint density at radius 3 is 2.74 bits per heavy atom. The van der Waals surface area contributed by atoms with E-state index in [9.17, 15) is 9.50 Å². The number of aromatic hydroxyl groups is 1. The van der Waals surface area contributed by atoms with E-state index < -0.39 is 0 Å². The van der Waals surface area contributed by atoms with Crippen molar-refractivity contribution >= 4 is 0 Å². The molecule has 6 nitrogen and oxygen atoms in total. The van der Waals surface area contributed by atoms with Crippen LogP contribution in [0.3, 0.4) is 0 Å². The summed E-state index contributed by atoms with van der Waals surface area (Å²) in [6.45, 7) is 7.12. The zero-order chi connectivity index (χ0) is 24.1. The van der Waals surface area contributed by atoms with Gasteiger partial charge in [0, 0.05) is 49.9 Å². The molecule has 1 aromatic heterocycles. The number of phenolic OH excluding ortho intramolecular Hbond substituents is 1. The lowest BCUT2D eigenvalue weighted by atomic mass is 10.0. The van der Waals surface area contributed by atoms with E-state index in [1.54, 1.807) is 30.5 Å². The molecule has 1 aliphatic rings. The van der Waals surface area contributed by atoms with Crippen molar-refractivity contribution in [3.8, 4) is 22.8 Å². The molecule has 2 heterocycles. The van der Waals surface area contributed by atoms with E-state index in [1.165, 1.54) is 7.11 Å². The van der Waals surface area contributed by atoms with Gasteiger partial charge < -0.3 is 15.2 Å². The lowest BCUT2D eigenvalue weighted by molar-refractivity contribution is 0.139. The van der Waals surface area contributed by atoms with Crippen molar-refractivity contribution in [2.24, 2.45) is 0 Å². The maximum atomic E-state index is 14.8. The minimum atomic E-state index is -0.274. The lowest BCUT2D eigenvalue weighted by Gasteiger charge is -2.37. The third-order valence-corrected chi connectivity index (χ3v) is 6.40. The Kier molecular flexibility index (Phi) is 7.75. The normalized spacial score (nSPS) is 18.7. The van der Waals surface area contributed by atoms with Gasteiger partial charge in [-0.15, -0.1) is 0 Å². The predicted octanol–water partition coefficient (Wildman–Crippen LogP) is 4.35. The van der Waals surface area contributed by atoms with Crippen molar-refractivity contribution in [3.63, 3.8) is 0 Å². The van der Waals surface area contributed by atoms with Crippen LogP contribution in [0.15, 0.2) is 48.7 Å². The Morgan fingerprint density at radius 2 is 1.94 bits per heavy atom. The van der Waals surface area contributed by atoms with Gasteiger partial charge >= 0.3 is 0 Å². The van der Waals surface area contributed by atoms with Crippen LogP contribution in [0, 0.1) is 5.82 Å². The highest BCUT2D eigenvalue weighted by Crippen LogP contribution is 2.27. The smallest absolute Gasteiger partial charge is 0.160 e. The first-order chi connectivity index (χ1) is 16.4. The molecule has 0 bridgehead atoms. The summed E-state index contributed by atoms with van der Waals surface area (Å²) in [5.41, 5.74) is 3.21. The molecule has 1 saturated heterocycles. The second kappa shape index (κ2) is 10.9. The maximum Gasteiger partial charge on any atom is 0.160 e. The first-order valence-electron chi connectivity index (χ1n) is 11.9. The molecule has 34 heavy (non-hydrogen) atoms. The van der Waals surface area contributed by atoms with E-state index in [0.29, 0.717) is 41.3 Å². The molecule has 2 N–H and O–H groups in total. The Morgan fingerprint density at radius 1 is 1.12 bits per heavy atom. The SMILES string of the molecule is COc1ccc(CCCc2nccc(-c3cc(CN4C[C@@H](C)NC[C@H]4C)ccc3F)n2)cc1O. The number of hydrogen-bond donors (Lipinski definition) is 2. The van der Waals surface area contributed by atoms with Gasteiger partial charge in [-0.05, 0) is 68.1 Å². The maximum absolute atomic E-state index is 14.8. The van der Waals surface area contributed by atoms with E-state index in [0.717, 1.165) is 43.6 Å². The number of rotatable bonds is 8. The number of hydrogen-bond acceptors (Lipinski definition) is 6. The number of phenols is 1. The number of halogens is 1. The highest BCUT2D eigenvalue weighted by atomic mass is 19.1. The van der Waals surface area contributed by atoms with Crippen LogP contribution >= 0.6 is 0 Å². The van der Waals surface area contributed by atoms with Crippen molar-refractivity contribution in [2.75, 3.05) is 20.2 Å². The number of aryl methyl sites for hydroxylation is 2. The molecule has 7 heteroatoms. The number of aromatic nitrogens is 2. The molecule has 0 spiro atoms. The number of nitrogens with zero attached hydrogens (tertiary/aromatic N) is 3. The molecular weight excluding hydrogens is 431 g/mol. The molecule has 3 aromatic rings. The van der Waals surface area contributed by atoms with Gasteiger partial charge in [0.2, 0.25) is 0 Å². The molecule has 4 rings (SSSR count). The molecule has 0 unspecified atom stereocenters. The quantitative estimate of drug-likeness (QED) is 0.516. The van der Waals surface area contributed by atoms with Gasteiger partial charge in [-0.1, -0.05) is 12.1 Å². The summed E-state index contributed by atoms with van der Waals surface area (Å²) in [4.78, 5) is 11.5. The highest BCUT2D eigenvalue weighted by Gasteiger charge is 2.22. The van der Waals surface area contributed by atoms with Gasteiger partial charge in [0.1, 0.15) is 11.6 Å². The van der Waals surface area contributed by atoms with Crippen molar-refractivity contribution in [1.29, 1.82) is 0 Å². The van der Waals surface area contributed by atoms with E-state index in [4.69, 9.17) is 4.74 Å². The molecule has 1 fully saturated rings. The van der Waals surface area contributed by atoms with Crippen molar-refractivity contribution in [2.45, 2.75) is 51.7 Å². The first kappa shape index (κ1) is 24.1. The fourth-order valence-corrected chi connectivity index (χ4v) is 4.43. The van der Waals surface area contributed by atoms with Crippen molar-refractivity contribution in [3.05, 3.63) is 71.4 Å². The van der Waals surface area contributed by atoms with E-state index in [1.807, 2.05) is 18.2 Å². The van der Waals surface area contributed by atoms with Gasteiger partial charge in [-0.2, -0.15) is 0 Å². The predicted molar refractivity (Wildman–Crippen MR) is 131 cm³/mol. The summed E-state index contributed by atoms with van der Waals surface area (Å²) < 4.78 is 19.9. The van der Waals surface area contributed by atoms with Crippen LogP contribution < -0.4 is 10.1 Å². The van der Waals surface area contributed by atoms with Gasteiger partial charge in [-0.25, -0.2) is 14.4 Å². The van der Waals surface area contributed by atoms with Crippen LogP contribution in [-0.4, -0.2) is 52.3 Å². The van der Waals surface area contributed by atoms with Gasteiger partial charge in [-0.3, -0.25) is 4.90 Å².